The molecule has 12 heteroatoms. The summed E-state index contributed by atoms with van der Waals surface area (Å²) in [5.41, 5.74) is -0.210. The monoisotopic (exact) mass is 488 g/mol. The predicted molar refractivity (Wildman–Crippen MR) is 112 cm³/mol. The van der Waals surface area contributed by atoms with Gasteiger partial charge in [-0.15, -0.1) is 13.2 Å². The van der Waals surface area contributed by atoms with E-state index in [1.54, 1.807) is 12.1 Å². The topological polar surface area (TPSA) is 105 Å². The molecule has 0 aliphatic carbocycles. The van der Waals surface area contributed by atoms with Crippen LogP contribution in [0.25, 0.3) is 0 Å². The number of aliphatic hydroxyl groups is 1. The van der Waals surface area contributed by atoms with Crippen LogP contribution in [0, 0.1) is 6.92 Å². The molecule has 0 spiro atoms. The van der Waals surface area contributed by atoms with Gasteiger partial charge >= 0.3 is 12.5 Å². The zero-order valence-corrected chi connectivity index (χ0v) is 18.4. The number of aliphatic hydroxyl groups excluding tert-OH is 1. The third kappa shape index (κ3) is 6.36. The van der Waals surface area contributed by atoms with Gasteiger partial charge in [-0.3, -0.25) is 5.32 Å². The molecule has 3 rings (SSSR count). The number of benzene rings is 2. The Morgan fingerprint density at radius 1 is 1.09 bits per heavy atom. The molecule has 33 heavy (non-hydrogen) atoms. The van der Waals surface area contributed by atoms with Gasteiger partial charge in [0.25, 0.3) is 0 Å². The van der Waals surface area contributed by atoms with Crippen molar-refractivity contribution in [3.05, 3.63) is 54.1 Å². The van der Waals surface area contributed by atoms with E-state index >= 15 is 0 Å². The Morgan fingerprint density at radius 3 is 2.18 bits per heavy atom. The first-order chi connectivity index (χ1) is 15.4. The van der Waals surface area contributed by atoms with Crippen LogP contribution >= 0.6 is 0 Å². The zero-order valence-electron chi connectivity index (χ0n) is 17.6. The highest BCUT2D eigenvalue weighted by molar-refractivity contribution is 7.89. The number of aryl methyl sites for hydroxylation is 1. The van der Waals surface area contributed by atoms with Gasteiger partial charge in [-0.2, -0.15) is 4.31 Å². The molecule has 2 N–H and O–H groups in total. The van der Waals surface area contributed by atoms with E-state index in [0.29, 0.717) is 0 Å². The molecule has 0 bridgehead atoms. The molecule has 2 aromatic rings. The summed E-state index contributed by atoms with van der Waals surface area (Å²) in [6.07, 6.45) is -5.62. The van der Waals surface area contributed by atoms with Crippen LogP contribution in [0.15, 0.2) is 53.4 Å². The molecular weight excluding hydrogens is 465 g/mol. The lowest BCUT2D eigenvalue weighted by atomic mass is 9.93. The lowest BCUT2D eigenvalue weighted by Crippen LogP contribution is -2.51. The van der Waals surface area contributed by atoms with Gasteiger partial charge in [0.1, 0.15) is 11.4 Å². The van der Waals surface area contributed by atoms with Crippen LogP contribution in [0.2, 0.25) is 0 Å². The quantitative estimate of drug-likeness (QED) is 0.643. The summed E-state index contributed by atoms with van der Waals surface area (Å²) in [6, 6.07) is 10.9. The highest BCUT2D eigenvalue weighted by Crippen LogP contribution is 2.30. The largest absolute Gasteiger partial charge is 0.573 e. The molecular formula is C21H23F3N2O6S. The second kappa shape index (κ2) is 9.57. The summed E-state index contributed by atoms with van der Waals surface area (Å²) in [7, 11) is -3.73. The first-order valence-electron chi connectivity index (χ1n) is 9.96. The SMILES string of the molecule is Cc1ccc(S(=O)(=O)N2CCC(CO)(OC(=O)Nc3ccc(OC(F)(F)F)cc3)CC2)cc1. The predicted octanol–water partition coefficient (Wildman–Crippen LogP) is 3.66. The van der Waals surface area contributed by atoms with Crippen LogP contribution in [0.3, 0.4) is 0 Å². The van der Waals surface area contributed by atoms with Crippen molar-refractivity contribution >= 4 is 21.8 Å². The molecule has 1 heterocycles. The average Bonchev–Trinajstić information content (AvgIpc) is 2.75. The number of anilines is 1. The number of alkyl halides is 3. The van der Waals surface area contributed by atoms with Gasteiger partial charge in [0, 0.05) is 31.6 Å². The van der Waals surface area contributed by atoms with Gasteiger partial charge in [0.05, 0.1) is 11.5 Å². The smallest absolute Gasteiger partial charge is 0.440 e. The van der Waals surface area contributed by atoms with Crippen molar-refractivity contribution in [2.24, 2.45) is 0 Å². The fourth-order valence-corrected chi connectivity index (χ4v) is 4.81. The number of hydrogen-bond donors (Lipinski definition) is 2. The lowest BCUT2D eigenvalue weighted by molar-refractivity contribution is -0.274. The second-order valence-electron chi connectivity index (χ2n) is 7.64. The molecule has 0 aromatic heterocycles. The van der Waals surface area contributed by atoms with Crippen molar-refractivity contribution in [1.29, 1.82) is 0 Å². The summed E-state index contributed by atoms with van der Waals surface area (Å²) in [5, 5.41) is 12.2. The molecule has 8 nitrogen and oxygen atoms in total. The summed E-state index contributed by atoms with van der Waals surface area (Å²) < 4.78 is 72.8. The fourth-order valence-electron chi connectivity index (χ4n) is 3.37. The lowest BCUT2D eigenvalue weighted by Gasteiger charge is -2.39. The Hall–Kier alpha value is -2.83. The van der Waals surface area contributed by atoms with E-state index in [9.17, 15) is 31.5 Å². The van der Waals surface area contributed by atoms with Gasteiger partial charge in [0.2, 0.25) is 10.0 Å². The molecule has 0 unspecified atom stereocenters. The van der Waals surface area contributed by atoms with E-state index in [-0.39, 0.29) is 36.5 Å². The first-order valence-corrected chi connectivity index (χ1v) is 11.4. The minimum Gasteiger partial charge on any atom is -0.440 e. The maximum absolute atomic E-state index is 12.8. The normalized spacial score (nSPS) is 16.8. The fraction of sp³-hybridized carbons (Fsp3) is 0.381. The number of piperidine rings is 1. The number of amides is 1. The van der Waals surface area contributed by atoms with Crippen molar-refractivity contribution in [1.82, 2.24) is 4.31 Å². The number of carbonyl (C=O) groups is 1. The molecule has 0 atom stereocenters. The Balaban J connectivity index is 1.59. The van der Waals surface area contributed by atoms with Crippen LogP contribution < -0.4 is 10.1 Å². The summed E-state index contributed by atoms with van der Waals surface area (Å²) >= 11 is 0. The number of nitrogens with zero attached hydrogens (tertiary/aromatic N) is 1. The van der Waals surface area contributed by atoms with Gasteiger partial charge in [-0.1, -0.05) is 17.7 Å². The molecule has 1 fully saturated rings. The van der Waals surface area contributed by atoms with Crippen LogP contribution in [-0.2, 0) is 14.8 Å². The van der Waals surface area contributed by atoms with Crippen LogP contribution in [0.5, 0.6) is 5.75 Å². The summed E-state index contributed by atoms with van der Waals surface area (Å²) in [4.78, 5) is 12.5. The van der Waals surface area contributed by atoms with E-state index in [1.807, 2.05) is 6.92 Å². The van der Waals surface area contributed by atoms with Crippen molar-refractivity contribution in [2.75, 3.05) is 25.0 Å². The van der Waals surface area contributed by atoms with E-state index in [1.165, 1.54) is 28.6 Å². The highest BCUT2D eigenvalue weighted by Gasteiger charge is 2.41. The highest BCUT2D eigenvalue weighted by atomic mass is 32.2. The molecule has 0 saturated carbocycles. The molecule has 180 valence electrons. The first kappa shape index (κ1) is 24.8. The number of sulfonamides is 1. The maximum atomic E-state index is 12.8. The van der Waals surface area contributed by atoms with Gasteiger partial charge in [-0.05, 0) is 43.3 Å². The minimum absolute atomic E-state index is 0.0352. The van der Waals surface area contributed by atoms with E-state index in [4.69, 9.17) is 4.74 Å². The van der Waals surface area contributed by atoms with Crippen molar-refractivity contribution in [3.8, 4) is 5.75 Å². The van der Waals surface area contributed by atoms with Crippen molar-refractivity contribution in [3.63, 3.8) is 0 Å². The summed E-state index contributed by atoms with van der Waals surface area (Å²) in [5.74, 6) is -0.449. The van der Waals surface area contributed by atoms with Crippen LogP contribution in [0.1, 0.15) is 18.4 Å². The molecule has 1 amide bonds. The molecule has 1 aliphatic heterocycles. The molecule has 2 aromatic carbocycles. The molecule has 1 aliphatic rings. The Morgan fingerprint density at radius 2 is 1.67 bits per heavy atom. The van der Waals surface area contributed by atoms with E-state index in [2.05, 4.69) is 10.1 Å². The van der Waals surface area contributed by atoms with Crippen LogP contribution in [-0.4, -0.2) is 55.6 Å². The minimum atomic E-state index is -4.83. The average molecular weight is 488 g/mol. The Kier molecular flexibility index (Phi) is 7.20. The van der Waals surface area contributed by atoms with E-state index < -0.39 is 40.4 Å². The third-order valence-electron chi connectivity index (χ3n) is 5.22. The third-order valence-corrected chi connectivity index (χ3v) is 7.14. The standard InChI is InChI=1S/C21H23F3N2O6S/c1-15-2-8-18(9-3-15)33(29,30)26-12-10-20(14-27,11-13-26)32-19(28)25-16-4-6-17(7-5-16)31-21(22,23)24/h2-9,27H,10-14H2,1H3,(H,25,28). The Labute approximate surface area is 189 Å². The van der Waals surface area contributed by atoms with Crippen LogP contribution in [0.4, 0.5) is 23.7 Å². The van der Waals surface area contributed by atoms with E-state index in [0.717, 1.165) is 17.7 Å². The molecule has 1 saturated heterocycles. The molecule has 0 radical (unpaired) electrons. The number of carbonyl (C=O) groups excluding carboxylic acids is 1. The van der Waals surface area contributed by atoms with Crippen molar-refractivity contribution < 1.29 is 41.0 Å². The Bertz CT molecular complexity index is 1060. The maximum Gasteiger partial charge on any atom is 0.573 e. The number of nitrogens with one attached hydrogen (secondary N) is 1. The number of ether oxygens (including phenoxy) is 2. The number of halogens is 3. The van der Waals surface area contributed by atoms with Gasteiger partial charge < -0.3 is 14.6 Å². The van der Waals surface area contributed by atoms with Crippen molar-refractivity contribution in [2.45, 2.75) is 36.6 Å². The second-order valence-corrected chi connectivity index (χ2v) is 9.58. The van der Waals surface area contributed by atoms with Gasteiger partial charge in [0.15, 0.2) is 0 Å². The number of hydrogen-bond acceptors (Lipinski definition) is 6. The number of rotatable bonds is 6. The van der Waals surface area contributed by atoms with Gasteiger partial charge in [-0.25, -0.2) is 13.2 Å². The zero-order chi connectivity index (χ0) is 24.3. The summed E-state index contributed by atoms with van der Waals surface area (Å²) in [6.45, 7) is 1.40.